The molecule has 0 unspecified atom stereocenters. The largest absolute Gasteiger partial charge is 0.490 e. The van der Waals surface area contributed by atoms with Gasteiger partial charge < -0.3 is 15.0 Å². The molecule has 1 aromatic rings. The summed E-state index contributed by atoms with van der Waals surface area (Å²) in [5.41, 5.74) is 0.520. The summed E-state index contributed by atoms with van der Waals surface area (Å²) in [4.78, 5) is 13.5. The number of piperidine rings is 1. The van der Waals surface area contributed by atoms with Crippen LogP contribution in [0.2, 0.25) is 5.02 Å². The van der Waals surface area contributed by atoms with Gasteiger partial charge in [0.1, 0.15) is 5.75 Å². The fraction of sp³-hybridized carbons (Fsp3) is 0.632. The van der Waals surface area contributed by atoms with Gasteiger partial charge in [0.2, 0.25) is 0 Å². The maximum absolute atomic E-state index is 12.0. The number of ether oxygens (including phenoxy) is 1. The third kappa shape index (κ3) is 5.25. The Morgan fingerprint density at radius 2 is 1.92 bits per heavy atom. The molecule has 0 radical (unpaired) electrons. The van der Waals surface area contributed by atoms with Gasteiger partial charge in [-0.05, 0) is 75.2 Å². The van der Waals surface area contributed by atoms with Crippen LogP contribution in [0.25, 0.3) is 0 Å². The second-order valence-corrected chi connectivity index (χ2v) is 7.75. The van der Waals surface area contributed by atoms with Crippen molar-refractivity contribution in [2.24, 2.45) is 11.8 Å². The van der Waals surface area contributed by atoms with Crippen LogP contribution in [0, 0.1) is 11.8 Å². The number of carbonyl (C=O) groups is 1. The van der Waals surface area contributed by atoms with Crippen LogP contribution in [0.1, 0.15) is 42.5 Å². The van der Waals surface area contributed by atoms with Crippen molar-refractivity contribution in [3.8, 4) is 5.75 Å². The van der Waals surface area contributed by atoms with Gasteiger partial charge in [-0.25, -0.2) is 0 Å². The topological polar surface area (TPSA) is 41.6 Å². The Kier molecular flexibility index (Phi) is 7.41. The monoisotopic (exact) mass is 386 g/mol. The molecule has 1 aromatic carbocycles. The fourth-order valence-corrected chi connectivity index (χ4v) is 3.98. The molecule has 1 amide bonds. The van der Waals surface area contributed by atoms with Gasteiger partial charge in [0, 0.05) is 14.1 Å². The molecule has 0 spiro atoms. The molecule has 0 bridgehead atoms. The van der Waals surface area contributed by atoms with E-state index in [2.05, 4.69) is 5.32 Å². The first kappa shape index (κ1) is 20.3. The summed E-state index contributed by atoms with van der Waals surface area (Å²) in [6, 6.07) is 5.37. The van der Waals surface area contributed by atoms with E-state index >= 15 is 0 Å². The van der Waals surface area contributed by atoms with Crippen LogP contribution >= 0.6 is 24.0 Å². The summed E-state index contributed by atoms with van der Waals surface area (Å²) in [5.74, 6) is 2.38. The van der Waals surface area contributed by atoms with Crippen LogP contribution < -0.4 is 10.1 Å². The van der Waals surface area contributed by atoms with Crippen LogP contribution in [-0.4, -0.2) is 44.1 Å². The Bertz CT molecular complexity index is 583. The Labute approximate surface area is 161 Å². The van der Waals surface area contributed by atoms with E-state index in [0.717, 1.165) is 30.4 Å². The SMILES string of the molecule is CN(C)C(=O)c1ccc(OC2CC(CC3CCNCC3)C2)cc1Cl.Cl. The number of nitrogens with one attached hydrogen (secondary N) is 1. The lowest BCUT2D eigenvalue weighted by atomic mass is 9.75. The number of rotatable bonds is 5. The molecule has 0 aromatic heterocycles. The van der Waals surface area contributed by atoms with E-state index in [0.29, 0.717) is 16.7 Å². The molecule has 25 heavy (non-hydrogen) atoms. The average Bonchev–Trinajstić information content (AvgIpc) is 2.53. The van der Waals surface area contributed by atoms with E-state index in [1.165, 1.54) is 37.3 Å². The van der Waals surface area contributed by atoms with E-state index in [-0.39, 0.29) is 18.3 Å². The maximum Gasteiger partial charge on any atom is 0.254 e. The fourth-order valence-electron chi connectivity index (χ4n) is 3.73. The van der Waals surface area contributed by atoms with Crippen molar-refractivity contribution in [1.82, 2.24) is 10.2 Å². The summed E-state index contributed by atoms with van der Waals surface area (Å²) in [7, 11) is 3.44. The lowest BCUT2D eigenvalue weighted by Crippen LogP contribution is -2.36. The van der Waals surface area contributed by atoms with E-state index in [1.54, 1.807) is 26.2 Å². The molecule has 0 atom stereocenters. The second kappa shape index (κ2) is 9.11. The zero-order valence-corrected chi connectivity index (χ0v) is 16.5. The molecular formula is C19H28Cl2N2O2. The number of halogens is 2. The number of hydrogen-bond donors (Lipinski definition) is 1. The minimum Gasteiger partial charge on any atom is -0.490 e. The molecule has 1 N–H and O–H groups in total. The molecule has 2 aliphatic rings. The number of benzene rings is 1. The minimum absolute atomic E-state index is 0. The Hall–Kier alpha value is -0.970. The highest BCUT2D eigenvalue weighted by Gasteiger charge is 2.33. The quantitative estimate of drug-likeness (QED) is 0.830. The lowest BCUT2D eigenvalue weighted by Gasteiger charge is -2.38. The van der Waals surface area contributed by atoms with Crippen molar-refractivity contribution < 1.29 is 9.53 Å². The van der Waals surface area contributed by atoms with Crippen molar-refractivity contribution in [3.63, 3.8) is 0 Å². The third-order valence-corrected chi connectivity index (χ3v) is 5.51. The van der Waals surface area contributed by atoms with Gasteiger partial charge >= 0.3 is 0 Å². The highest BCUT2D eigenvalue weighted by atomic mass is 35.5. The van der Waals surface area contributed by atoms with Gasteiger partial charge in [0.05, 0.1) is 16.7 Å². The third-order valence-electron chi connectivity index (χ3n) is 5.20. The summed E-state index contributed by atoms with van der Waals surface area (Å²) < 4.78 is 6.02. The normalized spacial score (nSPS) is 23.3. The molecule has 4 nitrogen and oxygen atoms in total. The first-order valence-corrected chi connectivity index (χ1v) is 9.29. The van der Waals surface area contributed by atoms with Gasteiger partial charge in [-0.15, -0.1) is 12.4 Å². The summed E-state index contributed by atoms with van der Waals surface area (Å²) in [5, 5.41) is 3.88. The molecule has 1 aliphatic heterocycles. The van der Waals surface area contributed by atoms with E-state index in [4.69, 9.17) is 16.3 Å². The van der Waals surface area contributed by atoms with Gasteiger partial charge in [-0.1, -0.05) is 11.6 Å². The minimum atomic E-state index is -0.0859. The smallest absolute Gasteiger partial charge is 0.254 e. The van der Waals surface area contributed by atoms with Crippen molar-refractivity contribution in [2.75, 3.05) is 27.2 Å². The van der Waals surface area contributed by atoms with E-state index in [1.807, 2.05) is 6.07 Å². The van der Waals surface area contributed by atoms with Crippen molar-refractivity contribution in [1.29, 1.82) is 0 Å². The summed E-state index contributed by atoms with van der Waals surface area (Å²) >= 11 is 6.24. The second-order valence-electron chi connectivity index (χ2n) is 7.35. The Morgan fingerprint density at radius 1 is 1.24 bits per heavy atom. The molecule has 2 fully saturated rings. The van der Waals surface area contributed by atoms with Crippen molar-refractivity contribution in [3.05, 3.63) is 28.8 Å². The predicted molar refractivity (Wildman–Crippen MR) is 104 cm³/mol. The molecule has 6 heteroatoms. The first-order chi connectivity index (χ1) is 11.5. The predicted octanol–water partition coefficient (Wildman–Crippen LogP) is 4.01. The van der Waals surface area contributed by atoms with Gasteiger partial charge in [0.25, 0.3) is 5.91 Å². The molecule has 1 heterocycles. The highest BCUT2D eigenvalue weighted by Crippen LogP contribution is 2.38. The summed E-state index contributed by atoms with van der Waals surface area (Å²) in [6.45, 7) is 2.35. The number of hydrogen-bond acceptors (Lipinski definition) is 3. The molecule has 1 saturated heterocycles. The van der Waals surface area contributed by atoms with Crippen LogP contribution in [0.3, 0.4) is 0 Å². The number of nitrogens with zero attached hydrogens (tertiary/aromatic N) is 1. The molecule has 1 saturated carbocycles. The number of amides is 1. The average molecular weight is 387 g/mol. The first-order valence-electron chi connectivity index (χ1n) is 8.91. The van der Waals surface area contributed by atoms with Crippen LogP contribution in [0.15, 0.2) is 18.2 Å². The van der Waals surface area contributed by atoms with Crippen molar-refractivity contribution >= 4 is 29.9 Å². The lowest BCUT2D eigenvalue weighted by molar-refractivity contribution is 0.0490. The molecular weight excluding hydrogens is 359 g/mol. The highest BCUT2D eigenvalue weighted by molar-refractivity contribution is 6.34. The Morgan fingerprint density at radius 3 is 2.52 bits per heavy atom. The van der Waals surface area contributed by atoms with Gasteiger partial charge in [-0.3, -0.25) is 4.79 Å². The molecule has 140 valence electrons. The zero-order chi connectivity index (χ0) is 17.1. The summed E-state index contributed by atoms with van der Waals surface area (Å²) in [6.07, 6.45) is 6.55. The standard InChI is InChI=1S/C19H27ClN2O2.ClH/c1-22(2)19(23)17-4-3-15(12-18(17)20)24-16-10-14(11-16)9-13-5-7-21-8-6-13;/h3-4,12-14,16,21H,5-11H2,1-2H3;1H. The van der Waals surface area contributed by atoms with E-state index < -0.39 is 0 Å². The number of carbonyl (C=O) groups excluding carboxylic acids is 1. The van der Waals surface area contributed by atoms with Crippen LogP contribution in [0.4, 0.5) is 0 Å². The van der Waals surface area contributed by atoms with Crippen LogP contribution in [-0.2, 0) is 0 Å². The molecule has 1 aliphatic carbocycles. The Balaban J connectivity index is 0.00000225. The van der Waals surface area contributed by atoms with Crippen molar-refractivity contribution in [2.45, 2.75) is 38.2 Å². The molecule has 3 rings (SSSR count). The maximum atomic E-state index is 12.0. The van der Waals surface area contributed by atoms with Gasteiger partial charge in [-0.2, -0.15) is 0 Å². The van der Waals surface area contributed by atoms with E-state index in [9.17, 15) is 4.79 Å². The zero-order valence-electron chi connectivity index (χ0n) is 15.0. The van der Waals surface area contributed by atoms with Gasteiger partial charge in [0.15, 0.2) is 0 Å². The van der Waals surface area contributed by atoms with Crippen LogP contribution in [0.5, 0.6) is 5.75 Å².